The normalized spacial score (nSPS) is 18.4. The highest BCUT2D eigenvalue weighted by Crippen LogP contribution is 2.27. The van der Waals surface area contributed by atoms with E-state index in [4.69, 9.17) is 4.74 Å². The van der Waals surface area contributed by atoms with Gasteiger partial charge in [0.1, 0.15) is 0 Å². The number of anilines is 2. The Kier molecular flexibility index (Phi) is 9.72. The van der Waals surface area contributed by atoms with Crippen molar-refractivity contribution < 1.29 is 9.53 Å². The van der Waals surface area contributed by atoms with Crippen LogP contribution in [0, 0.1) is 0 Å². The summed E-state index contributed by atoms with van der Waals surface area (Å²) in [6.07, 6.45) is 10.3. The third-order valence-electron chi connectivity index (χ3n) is 6.68. The van der Waals surface area contributed by atoms with Crippen molar-refractivity contribution in [1.29, 1.82) is 0 Å². The van der Waals surface area contributed by atoms with Crippen LogP contribution in [0.5, 0.6) is 0 Å². The van der Waals surface area contributed by atoms with E-state index in [-0.39, 0.29) is 5.91 Å². The molecule has 2 aromatic rings. The monoisotopic (exact) mass is 465 g/mol. The van der Waals surface area contributed by atoms with Gasteiger partial charge in [0.05, 0.1) is 13.2 Å². The van der Waals surface area contributed by atoms with Crippen molar-refractivity contribution in [2.75, 3.05) is 62.7 Å². The predicted molar refractivity (Wildman–Crippen MR) is 138 cm³/mol. The fourth-order valence-electron chi connectivity index (χ4n) is 4.72. The molecule has 1 aromatic heterocycles. The standard InChI is InChI=1S/C27H39N5O2/c33-27(23-9-13-28-14-10-23)32-16-5-3-1-2-4-11-29-22-24-21-25(7-8-26(24)32)30-12-6-15-31-17-19-34-20-18-31/h7-10,13-14,21,29-30H,1-6,11-12,15-20,22H2. The van der Waals surface area contributed by atoms with E-state index in [1.54, 1.807) is 24.5 Å². The fourth-order valence-corrected chi connectivity index (χ4v) is 4.72. The number of nitrogens with one attached hydrogen (secondary N) is 2. The zero-order chi connectivity index (χ0) is 23.4. The average molecular weight is 466 g/mol. The van der Waals surface area contributed by atoms with Gasteiger partial charge in [0, 0.05) is 62.1 Å². The Morgan fingerprint density at radius 3 is 2.65 bits per heavy atom. The minimum Gasteiger partial charge on any atom is -0.385 e. The number of fused-ring (bicyclic) bond motifs is 1. The zero-order valence-corrected chi connectivity index (χ0v) is 20.3. The summed E-state index contributed by atoms with van der Waals surface area (Å²) in [6, 6.07) is 10.1. The number of morpholine rings is 1. The first kappa shape index (κ1) is 24.6. The Labute approximate surface area is 203 Å². The summed E-state index contributed by atoms with van der Waals surface area (Å²) in [5, 5.41) is 7.20. The molecule has 4 rings (SSSR count). The predicted octanol–water partition coefficient (Wildman–Crippen LogP) is 3.92. The molecule has 184 valence electrons. The third kappa shape index (κ3) is 7.26. The molecule has 1 amide bonds. The van der Waals surface area contributed by atoms with E-state index in [1.807, 2.05) is 4.90 Å². The second-order valence-corrected chi connectivity index (χ2v) is 9.22. The lowest BCUT2D eigenvalue weighted by Gasteiger charge is -2.27. The summed E-state index contributed by atoms with van der Waals surface area (Å²) in [5.74, 6) is 0.0481. The number of nitrogens with zero attached hydrogens (tertiary/aromatic N) is 3. The number of amides is 1. The van der Waals surface area contributed by atoms with Crippen LogP contribution < -0.4 is 15.5 Å². The van der Waals surface area contributed by atoms with Gasteiger partial charge in [-0.1, -0.05) is 19.3 Å². The van der Waals surface area contributed by atoms with Crippen molar-refractivity contribution in [1.82, 2.24) is 15.2 Å². The highest BCUT2D eigenvalue weighted by molar-refractivity contribution is 6.06. The van der Waals surface area contributed by atoms with Crippen molar-refractivity contribution in [2.45, 2.75) is 45.1 Å². The van der Waals surface area contributed by atoms with E-state index >= 15 is 0 Å². The van der Waals surface area contributed by atoms with E-state index in [9.17, 15) is 4.79 Å². The first-order valence-corrected chi connectivity index (χ1v) is 12.9. The molecule has 1 saturated heterocycles. The first-order chi connectivity index (χ1) is 16.8. The van der Waals surface area contributed by atoms with Gasteiger partial charge in [0.2, 0.25) is 0 Å². The average Bonchev–Trinajstić information content (AvgIpc) is 2.88. The smallest absolute Gasteiger partial charge is 0.258 e. The Morgan fingerprint density at radius 2 is 1.79 bits per heavy atom. The minimum atomic E-state index is 0.0481. The Morgan fingerprint density at radius 1 is 1.00 bits per heavy atom. The molecule has 1 aromatic carbocycles. The second kappa shape index (κ2) is 13.4. The van der Waals surface area contributed by atoms with E-state index in [0.29, 0.717) is 5.56 Å². The molecule has 0 radical (unpaired) electrons. The van der Waals surface area contributed by atoms with Crippen molar-refractivity contribution in [3.05, 3.63) is 53.9 Å². The maximum Gasteiger partial charge on any atom is 0.258 e. The SMILES string of the molecule is O=C(c1ccncc1)N1CCCCCCCNCc2cc(NCCCN3CCOCC3)ccc21. The maximum atomic E-state index is 13.5. The van der Waals surface area contributed by atoms with E-state index in [2.05, 4.69) is 38.7 Å². The maximum absolute atomic E-state index is 13.5. The van der Waals surface area contributed by atoms with Gasteiger partial charge >= 0.3 is 0 Å². The summed E-state index contributed by atoms with van der Waals surface area (Å²) in [5.41, 5.74) is 3.98. The number of rotatable bonds is 6. The summed E-state index contributed by atoms with van der Waals surface area (Å²) < 4.78 is 5.44. The molecule has 2 aliphatic heterocycles. The molecule has 2 aliphatic rings. The van der Waals surface area contributed by atoms with Crippen LogP contribution in [-0.4, -0.2) is 68.3 Å². The molecule has 34 heavy (non-hydrogen) atoms. The van der Waals surface area contributed by atoms with Crippen molar-refractivity contribution in [2.24, 2.45) is 0 Å². The van der Waals surface area contributed by atoms with Crippen LogP contribution in [0.3, 0.4) is 0 Å². The molecule has 2 N–H and O–H groups in total. The van der Waals surface area contributed by atoms with Gasteiger partial charge in [0.15, 0.2) is 0 Å². The lowest BCUT2D eigenvalue weighted by atomic mass is 10.1. The van der Waals surface area contributed by atoms with Gasteiger partial charge in [0.25, 0.3) is 5.91 Å². The molecular formula is C27H39N5O2. The largest absolute Gasteiger partial charge is 0.385 e. The van der Waals surface area contributed by atoms with Crippen LogP contribution in [-0.2, 0) is 11.3 Å². The Bertz CT molecular complexity index is 886. The number of hydrogen-bond donors (Lipinski definition) is 2. The first-order valence-electron chi connectivity index (χ1n) is 12.9. The number of benzene rings is 1. The molecule has 0 bridgehead atoms. The molecule has 0 aliphatic carbocycles. The summed E-state index contributed by atoms with van der Waals surface area (Å²) in [4.78, 5) is 22.0. The summed E-state index contributed by atoms with van der Waals surface area (Å²) >= 11 is 0. The summed E-state index contributed by atoms with van der Waals surface area (Å²) in [7, 11) is 0. The fraction of sp³-hybridized carbons (Fsp3) is 0.556. The topological polar surface area (TPSA) is 69.7 Å². The number of hydrogen-bond acceptors (Lipinski definition) is 6. The number of carbonyl (C=O) groups is 1. The van der Waals surface area contributed by atoms with Gasteiger partial charge in [-0.3, -0.25) is 14.7 Å². The quantitative estimate of drug-likeness (QED) is 0.631. The summed E-state index contributed by atoms with van der Waals surface area (Å²) in [6.45, 7) is 8.30. The number of aromatic nitrogens is 1. The molecule has 0 spiro atoms. The Balaban J connectivity index is 1.47. The van der Waals surface area contributed by atoms with Crippen LogP contribution in [0.4, 0.5) is 11.4 Å². The second-order valence-electron chi connectivity index (χ2n) is 9.22. The van der Waals surface area contributed by atoms with Gasteiger partial charge in [-0.25, -0.2) is 0 Å². The van der Waals surface area contributed by atoms with Crippen LogP contribution in [0.1, 0.15) is 54.4 Å². The van der Waals surface area contributed by atoms with Gasteiger partial charge in [-0.05, 0) is 68.2 Å². The van der Waals surface area contributed by atoms with Gasteiger partial charge in [-0.15, -0.1) is 0 Å². The van der Waals surface area contributed by atoms with Crippen molar-refractivity contribution >= 4 is 17.3 Å². The minimum absolute atomic E-state index is 0.0481. The lowest BCUT2D eigenvalue weighted by Crippen LogP contribution is -2.37. The van der Waals surface area contributed by atoms with Crippen LogP contribution in [0.25, 0.3) is 0 Å². The van der Waals surface area contributed by atoms with Gasteiger partial charge < -0.3 is 20.3 Å². The lowest BCUT2D eigenvalue weighted by molar-refractivity contribution is 0.0378. The zero-order valence-electron chi connectivity index (χ0n) is 20.3. The highest BCUT2D eigenvalue weighted by atomic mass is 16.5. The van der Waals surface area contributed by atoms with E-state index < -0.39 is 0 Å². The van der Waals surface area contributed by atoms with Crippen LogP contribution in [0.2, 0.25) is 0 Å². The Hall–Kier alpha value is -2.48. The number of carbonyl (C=O) groups excluding carboxylic acids is 1. The number of ether oxygens (including phenoxy) is 1. The van der Waals surface area contributed by atoms with Crippen molar-refractivity contribution in [3.63, 3.8) is 0 Å². The van der Waals surface area contributed by atoms with Crippen molar-refractivity contribution in [3.8, 4) is 0 Å². The molecule has 7 nitrogen and oxygen atoms in total. The molecule has 0 saturated carbocycles. The van der Waals surface area contributed by atoms with Gasteiger partial charge in [-0.2, -0.15) is 0 Å². The van der Waals surface area contributed by atoms with Crippen LogP contribution >= 0.6 is 0 Å². The molecular weight excluding hydrogens is 426 g/mol. The molecule has 0 unspecified atom stereocenters. The molecule has 0 atom stereocenters. The van der Waals surface area contributed by atoms with Crippen LogP contribution in [0.15, 0.2) is 42.7 Å². The molecule has 3 heterocycles. The third-order valence-corrected chi connectivity index (χ3v) is 6.68. The molecule has 7 heteroatoms. The molecule has 1 fully saturated rings. The van der Waals surface area contributed by atoms with E-state index in [0.717, 1.165) is 89.7 Å². The highest BCUT2D eigenvalue weighted by Gasteiger charge is 2.21. The number of pyridine rings is 1. The van der Waals surface area contributed by atoms with E-state index in [1.165, 1.54) is 24.8 Å².